The number of hydrogen-bond acceptors (Lipinski definition) is 2. The van der Waals surface area contributed by atoms with Crippen LogP contribution in [0.15, 0.2) is 0 Å². The molecule has 4 atom stereocenters. The summed E-state index contributed by atoms with van der Waals surface area (Å²) in [5.41, 5.74) is 0. The lowest BCUT2D eigenvalue weighted by Gasteiger charge is -2.35. The van der Waals surface area contributed by atoms with Crippen LogP contribution in [0.3, 0.4) is 0 Å². The minimum atomic E-state index is -0.112. The van der Waals surface area contributed by atoms with Crippen molar-refractivity contribution < 1.29 is 9.84 Å². The van der Waals surface area contributed by atoms with E-state index in [1.807, 2.05) is 0 Å². The Morgan fingerprint density at radius 1 is 1.27 bits per heavy atom. The highest BCUT2D eigenvalue weighted by molar-refractivity contribution is 4.81. The van der Waals surface area contributed by atoms with Gasteiger partial charge in [-0.15, -0.1) is 0 Å². The predicted molar refractivity (Wildman–Crippen MR) is 62.8 cm³/mol. The molecule has 1 saturated carbocycles. The van der Waals surface area contributed by atoms with E-state index >= 15 is 0 Å². The monoisotopic (exact) mass is 214 g/mol. The van der Waals surface area contributed by atoms with Crippen molar-refractivity contribution >= 4 is 0 Å². The summed E-state index contributed by atoms with van der Waals surface area (Å²) in [6.45, 7) is 9.34. The lowest BCUT2D eigenvalue weighted by molar-refractivity contribution is -0.0203. The average molecular weight is 214 g/mol. The fourth-order valence-corrected chi connectivity index (χ4v) is 2.51. The third kappa shape index (κ3) is 4.12. The molecule has 0 heterocycles. The fraction of sp³-hybridized carbons (Fsp3) is 1.00. The first-order chi connectivity index (χ1) is 7.00. The number of hydrogen-bond donors (Lipinski definition) is 1. The van der Waals surface area contributed by atoms with E-state index in [0.29, 0.717) is 23.9 Å². The van der Waals surface area contributed by atoms with Crippen LogP contribution < -0.4 is 0 Å². The zero-order chi connectivity index (χ0) is 11.4. The van der Waals surface area contributed by atoms with Gasteiger partial charge in [-0.05, 0) is 44.4 Å². The molecule has 15 heavy (non-hydrogen) atoms. The summed E-state index contributed by atoms with van der Waals surface area (Å²) in [6.07, 6.45) is 3.57. The van der Waals surface area contributed by atoms with Crippen LogP contribution in [0.4, 0.5) is 0 Å². The van der Waals surface area contributed by atoms with Crippen molar-refractivity contribution in [1.29, 1.82) is 0 Å². The third-order valence-corrected chi connectivity index (χ3v) is 3.55. The largest absolute Gasteiger partial charge is 0.393 e. The normalized spacial score (nSPS) is 34.4. The fourth-order valence-electron chi connectivity index (χ4n) is 2.51. The van der Waals surface area contributed by atoms with Gasteiger partial charge in [-0.1, -0.05) is 20.3 Å². The molecule has 0 aromatic heterocycles. The van der Waals surface area contributed by atoms with Crippen molar-refractivity contribution in [1.82, 2.24) is 0 Å². The van der Waals surface area contributed by atoms with Crippen LogP contribution in [-0.4, -0.2) is 23.9 Å². The van der Waals surface area contributed by atoms with E-state index < -0.39 is 0 Å². The number of ether oxygens (including phenoxy) is 1. The summed E-state index contributed by atoms with van der Waals surface area (Å²) in [7, 11) is 0. The van der Waals surface area contributed by atoms with E-state index in [2.05, 4.69) is 27.7 Å². The summed E-state index contributed by atoms with van der Waals surface area (Å²) in [5.74, 6) is 1.62. The van der Waals surface area contributed by atoms with Crippen molar-refractivity contribution in [3.05, 3.63) is 0 Å². The van der Waals surface area contributed by atoms with Gasteiger partial charge in [0.2, 0.25) is 0 Å². The van der Waals surface area contributed by atoms with Crippen molar-refractivity contribution in [2.24, 2.45) is 17.8 Å². The second-order valence-corrected chi connectivity index (χ2v) is 5.51. The van der Waals surface area contributed by atoms with Gasteiger partial charge in [-0.3, -0.25) is 0 Å². The molecule has 2 heteroatoms. The molecule has 1 N–H and O–H groups in total. The second-order valence-electron chi connectivity index (χ2n) is 5.51. The maximum absolute atomic E-state index is 10.0. The molecule has 1 aliphatic rings. The SMILES string of the molecule is CC1CCC(C(C)COC(C)C)C(O)C1. The van der Waals surface area contributed by atoms with Gasteiger partial charge in [0.25, 0.3) is 0 Å². The Morgan fingerprint density at radius 3 is 2.47 bits per heavy atom. The topological polar surface area (TPSA) is 29.5 Å². The lowest BCUT2D eigenvalue weighted by Crippen LogP contribution is -2.34. The summed E-state index contributed by atoms with van der Waals surface area (Å²) >= 11 is 0. The van der Waals surface area contributed by atoms with Gasteiger partial charge in [0.1, 0.15) is 0 Å². The summed E-state index contributed by atoms with van der Waals surface area (Å²) in [4.78, 5) is 0. The molecule has 0 saturated heterocycles. The third-order valence-electron chi connectivity index (χ3n) is 3.55. The van der Waals surface area contributed by atoms with E-state index in [4.69, 9.17) is 4.74 Å². The van der Waals surface area contributed by atoms with Gasteiger partial charge in [0.15, 0.2) is 0 Å². The van der Waals surface area contributed by atoms with Crippen molar-refractivity contribution in [2.75, 3.05) is 6.61 Å². The van der Waals surface area contributed by atoms with Crippen molar-refractivity contribution in [2.45, 2.75) is 59.2 Å². The highest BCUT2D eigenvalue weighted by Crippen LogP contribution is 2.33. The number of aliphatic hydroxyl groups excluding tert-OH is 1. The highest BCUT2D eigenvalue weighted by atomic mass is 16.5. The average Bonchev–Trinajstić information content (AvgIpc) is 2.14. The molecule has 2 nitrogen and oxygen atoms in total. The molecule has 0 aliphatic heterocycles. The summed E-state index contributed by atoms with van der Waals surface area (Å²) < 4.78 is 5.62. The second kappa shape index (κ2) is 5.86. The first-order valence-corrected chi connectivity index (χ1v) is 6.30. The molecule has 0 radical (unpaired) electrons. The Bertz CT molecular complexity index is 179. The van der Waals surface area contributed by atoms with Crippen LogP contribution in [0.2, 0.25) is 0 Å². The predicted octanol–water partition coefficient (Wildman–Crippen LogP) is 2.84. The highest BCUT2D eigenvalue weighted by Gasteiger charge is 2.30. The Balaban J connectivity index is 2.35. The molecule has 90 valence electrons. The van der Waals surface area contributed by atoms with Crippen LogP contribution in [0.5, 0.6) is 0 Å². The van der Waals surface area contributed by atoms with Crippen LogP contribution in [0, 0.1) is 17.8 Å². The summed E-state index contributed by atoms with van der Waals surface area (Å²) in [5, 5.41) is 10.0. The van der Waals surface area contributed by atoms with Crippen LogP contribution in [-0.2, 0) is 4.74 Å². The molecule has 1 aliphatic carbocycles. The van der Waals surface area contributed by atoms with Crippen molar-refractivity contribution in [3.8, 4) is 0 Å². The van der Waals surface area contributed by atoms with Gasteiger partial charge >= 0.3 is 0 Å². The van der Waals surface area contributed by atoms with E-state index in [-0.39, 0.29) is 6.10 Å². The minimum Gasteiger partial charge on any atom is -0.393 e. The molecule has 0 bridgehead atoms. The van der Waals surface area contributed by atoms with Crippen LogP contribution in [0.1, 0.15) is 47.0 Å². The Hall–Kier alpha value is -0.0800. The number of rotatable bonds is 4. The zero-order valence-electron chi connectivity index (χ0n) is 10.6. The van der Waals surface area contributed by atoms with E-state index in [9.17, 15) is 5.11 Å². The molecule has 0 spiro atoms. The van der Waals surface area contributed by atoms with Crippen LogP contribution in [0.25, 0.3) is 0 Å². The maximum Gasteiger partial charge on any atom is 0.0574 e. The number of aliphatic hydroxyl groups is 1. The molecule has 1 fully saturated rings. The molecule has 4 unspecified atom stereocenters. The molecule has 1 rings (SSSR count). The molecule has 0 aromatic carbocycles. The van der Waals surface area contributed by atoms with Gasteiger partial charge in [0, 0.05) is 6.61 Å². The van der Waals surface area contributed by atoms with E-state index in [1.165, 1.54) is 6.42 Å². The van der Waals surface area contributed by atoms with Gasteiger partial charge < -0.3 is 9.84 Å². The Labute approximate surface area is 94.0 Å². The first kappa shape index (κ1) is 13.0. The van der Waals surface area contributed by atoms with Gasteiger partial charge in [-0.25, -0.2) is 0 Å². The first-order valence-electron chi connectivity index (χ1n) is 6.30. The molecular weight excluding hydrogens is 188 g/mol. The van der Waals surface area contributed by atoms with E-state index in [0.717, 1.165) is 19.4 Å². The molecule has 0 aromatic rings. The minimum absolute atomic E-state index is 0.112. The standard InChI is InChI=1S/C13H26O2/c1-9(2)15-8-11(4)12-6-5-10(3)7-13(12)14/h9-14H,5-8H2,1-4H3. The summed E-state index contributed by atoms with van der Waals surface area (Å²) in [6, 6.07) is 0. The molecule has 0 amide bonds. The van der Waals surface area contributed by atoms with Gasteiger partial charge in [0.05, 0.1) is 12.2 Å². The Morgan fingerprint density at radius 2 is 1.93 bits per heavy atom. The molecular formula is C13H26O2. The zero-order valence-corrected chi connectivity index (χ0v) is 10.6. The van der Waals surface area contributed by atoms with E-state index in [1.54, 1.807) is 0 Å². The Kier molecular flexibility index (Phi) is 5.07. The quantitative estimate of drug-likeness (QED) is 0.779. The lowest BCUT2D eigenvalue weighted by atomic mass is 9.75. The van der Waals surface area contributed by atoms with Crippen LogP contribution >= 0.6 is 0 Å². The van der Waals surface area contributed by atoms with Crippen molar-refractivity contribution in [3.63, 3.8) is 0 Å². The smallest absolute Gasteiger partial charge is 0.0574 e. The van der Waals surface area contributed by atoms with Gasteiger partial charge in [-0.2, -0.15) is 0 Å². The maximum atomic E-state index is 10.0.